The first-order chi connectivity index (χ1) is 12.4. The lowest BCUT2D eigenvalue weighted by molar-refractivity contribution is -0.120. The summed E-state index contributed by atoms with van der Waals surface area (Å²) in [6, 6.07) is 14.3. The molecule has 3 rings (SSSR count). The van der Waals surface area contributed by atoms with Crippen LogP contribution < -0.4 is 4.90 Å². The van der Waals surface area contributed by atoms with Crippen LogP contribution >= 0.6 is 0 Å². The average molecular weight is 373 g/mol. The van der Waals surface area contributed by atoms with E-state index in [9.17, 15) is 17.6 Å². The van der Waals surface area contributed by atoms with E-state index in [0.717, 1.165) is 11.0 Å². The number of anilines is 1. The fourth-order valence-corrected chi connectivity index (χ4v) is 4.48. The van der Waals surface area contributed by atoms with Crippen molar-refractivity contribution in [2.24, 2.45) is 0 Å². The molecule has 0 saturated carbocycles. The van der Waals surface area contributed by atoms with Crippen LogP contribution in [0.1, 0.15) is 24.8 Å². The summed E-state index contributed by atoms with van der Waals surface area (Å²) in [6.45, 7) is 1.92. The molecule has 2 aromatic rings. The molecule has 1 heterocycles. The molecule has 0 bridgehead atoms. The van der Waals surface area contributed by atoms with Crippen LogP contribution in [0.4, 0.5) is 10.1 Å². The van der Waals surface area contributed by atoms with Gasteiger partial charge in [-0.3, -0.25) is 4.79 Å². The minimum atomic E-state index is -3.34. The molecule has 0 aliphatic carbocycles. The first-order valence-electron chi connectivity index (χ1n) is 8.46. The average Bonchev–Trinajstić information content (AvgIpc) is 2.98. The number of hydrogen-bond donors (Lipinski definition) is 0. The molecule has 1 aliphatic rings. The van der Waals surface area contributed by atoms with Crippen molar-refractivity contribution in [3.8, 4) is 0 Å². The van der Waals surface area contributed by atoms with Gasteiger partial charge in [-0.25, -0.2) is 12.8 Å². The molecule has 6 heteroatoms. The lowest BCUT2D eigenvalue weighted by Crippen LogP contribution is -2.43. The zero-order chi connectivity index (χ0) is 18.7. The Bertz CT molecular complexity index is 908. The number of carbonyl (C=O) groups is 1. The lowest BCUT2D eigenvalue weighted by Gasteiger charge is -2.31. The van der Waals surface area contributed by atoms with Crippen LogP contribution in [0, 0.1) is 5.82 Å². The molecule has 0 saturated heterocycles. The van der Waals surface area contributed by atoms with Gasteiger partial charge in [-0.2, -0.15) is 0 Å². The van der Waals surface area contributed by atoms with Gasteiger partial charge in [0.1, 0.15) is 5.82 Å². The summed E-state index contributed by atoms with van der Waals surface area (Å²) in [7, 11) is -3.34. The van der Waals surface area contributed by atoms with E-state index in [2.05, 4.69) is 0 Å². The third-order valence-electron chi connectivity index (χ3n) is 4.49. The largest absolute Gasteiger partial charge is 0.304 e. The second-order valence-corrected chi connectivity index (χ2v) is 8.21. The monoisotopic (exact) mass is 373 g/mol. The van der Waals surface area contributed by atoms with Gasteiger partial charge in [-0.1, -0.05) is 37.3 Å². The van der Waals surface area contributed by atoms with Gasteiger partial charge in [0.15, 0.2) is 9.84 Å². The van der Waals surface area contributed by atoms with Crippen LogP contribution in [-0.4, -0.2) is 26.1 Å². The van der Waals surface area contributed by atoms with Crippen LogP contribution in [-0.2, 0) is 14.6 Å². The predicted octanol–water partition coefficient (Wildman–Crippen LogP) is 3.66. The maximum absolute atomic E-state index is 13.4. The third kappa shape index (κ3) is 3.85. The zero-order valence-electron chi connectivity index (χ0n) is 14.4. The number of benzene rings is 2. The molecule has 26 heavy (non-hydrogen) atoms. The van der Waals surface area contributed by atoms with E-state index in [1.54, 1.807) is 0 Å². The Hall–Kier alpha value is -2.47. The SMILES string of the molecule is CC[C@H](C(=O)N(c1ccc(F)cc1)[C@H]1C=CS(=O)(=O)C1)c1ccccc1. The summed E-state index contributed by atoms with van der Waals surface area (Å²) in [5, 5.41) is 1.14. The van der Waals surface area contributed by atoms with Crippen molar-refractivity contribution in [1.82, 2.24) is 0 Å². The highest BCUT2D eigenvalue weighted by Crippen LogP contribution is 2.29. The fourth-order valence-electron chi connectivity index (χ4n) is 3.21. The fraction of sp³-hybridized carbons (Fsp3) is 0.250. The van der Waals surface area contributed by atoms with Crippen molar-refractivity contribution in [3.05, 3.63) is 77.5 Å². The van der Waals surface area contributed by atoms with E-state index >= 15 is 0 Å². The normalized spacial score (nSPS) is 19.2. The minimum absolute atomic E-state index is 0.165. The maximum Gasteiger partial charge on any atom is 0.235 e. The molecule has 1 aliphatic heterocycles. The molecule has 4 nitrogen and oxygen atoms in total. The van der Waals surface area contributed by atoms with Crippen LogP contribution in [0.3, 0.4) is 0 Å². The molecular weight excluding hydrogens is 353 g/mol. The number of sulfone groups is 1. The molecule has 0 aromatic heterocycles. The summed E-state index contributed by atoms with van der Waals surface area (Å²) in [5.74, 6) is -1.18. The van der Waals surface area contributed by atoms with Crippen LogP contribution in [0.5, 0.6) is 0 Å². The van der Waals surface area contributed by atoms with Crippen LogP contribution in [0.15, 0.2) is 66.1 Å². The summed E-state index contributed by atoms with van der Waals surface area (Å²) < 4.78 is 37.1. The second kappa shape index (κ2) is 7.41. The van der Waals surface area contributed by atoms with Crippen molar-refractivity contribution < 1.29 is 17.6 Å². The van der Waals surface area contributed by atoms with Crippen LogP contribution in [0.2, 0.25) is 0 Å². The van der Waals surface area contributed by atoms with Crippen molar-refractivity contribution in [1.29, 1.82) is 0 Å². The van der Waals surface area contributed by atoms with Crippen molar-refractivity contribution in [2.75, 3.05) is 10.7 Å². The number of nitrogens with zero attached hydrogens (tertiary/aromatic N) is 1. The van der Waals surface area contributed by atoms with Gasteiger partial charge in [0.25, 0.3) is 0 Å². The molecule has 0 N–H and O–H groups in total. The Kier molecular flexibility index (Phi) is 5.23. The molecule has 0 unspecified atom stereocenters. The highest BCUT2D eigenvalue weighted by Gasteiger charge is 2.34. The van der Waals surface area contributed by atoms with E-state index in [1.807, 2.05) is 37.3 Å². The van der Waals surface area contributed by atoms with Crippen molar-refractivity contribution in [2.45, 2.75) is 25.3 Å². The Morgan fingerprint density at radius 1 is 1.15 bits per heavy atom. The molecule has 0 spiro atoms. The maximum atomic E-state index is 13.4. The van der Waals surface area contributed by atoms with Gasteiger partial charge in [0.05, 0.1) is 17.7 Å². The summed E-state index contributed by atoms with van der Waals surface area (Å²) in [6.07, 6.45) is 2.10. The topological polar surface area (TPSA) is 54.5 Å². The van der Waals surface area contributed by atoms with E-state index in [4.69, 9.17) is 0 Å². The summed E-state index contributed by atoms with van der Waals surface area (Å²) in [5.41, 5.74) is 1.36. The number of amides is 1. The minimum Gasteiger partial charge on any atom is -0.304 e. The molecule has 1 amide bonds. The summed E-state index contributed by atoms with van der Waals surface area (Å²) >= 11 is 0. The van der Waals surface area contributed by atoms with E-state index in [0.29, 0.717) is 12.1 Å². The highest BCUT2D eigenvalue weighted by molar-refractivity contribution is 7.94. The van der Waals surface area contributed by atoms with Gasteiger partial charge in [0.2, 0.25) is 5.91 Å². The molecule has 136 valence electrons. The summed E-state index contributed by atoms with van der Waals surface area (Å²) in [4.78, 5) is 14.8. The van der Waals surface area contributed by atoms with Gasteiger partial charge < -0.3 is 4.90 Å². The smallest absolute Gasteiger partial charge is 0.235 e. The Labute approximate surface area is 152 Å². The molecule has 2 aromatic carbocycles. The molecule has 2 atom stereocenters. The van der Waals surface area contributed by atoms with E-state index in [-0.39, 0.29) is 11.7 Å². The predicted molar refractivity (Wildman–Crippen MR) is 100 cm³/mol. The molecule has 0 fully saturated rings. The Morgan fingerprint density at radius 2 is 1.81 bits per heavy atom. The Morgan fingerprint density at radius 3 is 2.35 bits per heavy atom. The van der Waals surface area contributed by atoms with E-state index < -0.39 is 27.6 Å². The van der Waals surface area contributed by atoms with Crippen molar-refractivity contribution in [3.63, 3.8) is 0 Å². The number of rotatable bonds is 5. The van der Waals surface area contributed by atoms with Gasteiger partial charge in [-0.15, -0.1) is 0 Å². The third-order valence-corrected chi connectivity index (χ3v) is 5.87. The van der Waals surface area contributed by atoms with Crippen molar-refractivity contribution >= 4 is 21.4 Å². The van der Waals surface area contributed by atoms with Crippen LogP contribution in [0.25, 0.3) is 0 Å². The highest BCUT2D eigenvalue weighted by atomic mass is 32.2. The standard InChI is InChI=1S/C20H20FNO3S/c1-2-19(15-6-4-3-5-7-15)20(23)22(17-10-8-16(21)9-11-17)18-12-13-26(24,25)14-18/h3-13,18-19H,2,14H2,1H3/t18-,19-/m0/s1. The second-order valence-electron chi connectivity index (χ2n) is 6.28. The zero-order valence-corrected chi connectivity index (χ0v) is 15.2. The lowest BCUT2D eigenvalue weighted by atomic mass is 9.94. The first kappa shape index (κ1) is 18.3. The quantitative estimate of drug-likeness (QED) is 0.804. The Balaban J connectivity index is 2.01. The van der Waals surface area contributed by atoms with Gasteiger partial charge in [0, 0.05) is 11.1 Å². The van der Waals surface area contributed by atoms with E-state index in [1.165, 1.54) is 35.2 Å². The van der Waals surface area contributed by atoms with Gasteiger partial charge >= 0.3 is 0 Å². The van der Waals surface area contributed by atoms with Gasteiger partial charge in [-0.05, 0) is 42.3 Å². The number of hydrogen-bond acceptors (Lipinski definition) is 3. The number of carbonyl (C=O) groups excluding carboxylic acids is 1. The number of halogens is 1. The molecule has 0 radical (unpaired) electrons. The first-order valence-corrected chi connectivity index (χ1v) is 10.2. The molecular formula is C20H20FNO3S.